The molecule has 3 aromatic rings. The van der Waals surface area contributed by atoms with Gasteiger partial charge >= 0.3 is 6.09 Å². The Morgan fingerprint density at radius 3 is 2.72 bits per heavy atom. The second kappa shape index (κ2) is 8.63. The third kappa shape index (κ3) is 4.32. The topological polar surface area (TPSA) is 72.5 Å². The van der Waals surface area contributed by atoms with Crippen LogP contribution in [0.5, 0.6) is 0 Å². The molecule has 1 aliphatic carbocycles. The Kier molecular flexibility index (Phi) is 5.89. The third-order valence-electron chi connectivity index (χ3n) is 6.07. The first-order valence-electron chi connectivity index (χ1n) is 10.7. The van der Waals surface area contributed by atoms with Crippen LogP contribution in [0.3, 0.4) is 0 Å². The van der Waals surface area contributed by atoms with Crippen molar-refractivity contribution in [3.8, 4) is 0 Å². The van der Waals surface area contributed by atoms with Gasteiger partial charge in [0.1, 0.15) is 6.61 Å². The van der Waals surface area contributed by atoms with Gasteiger partial charge in [-0.15, -0.1) is 0 Å². The zero-order valence-corrected chi connectivity index (χ0v) is 19.2. The van der Waals surface area contributed by atoms with Crippen molar-refractivity contribution < 1.29 is 14.3 Å². The molecule has 32 heavy (non-hydrogen) atoms. The average molecular weight is 432 g/mol. The molecule has 1 unspecified atom stereocenters. The van der Waals surface area contributed by atoms with Crippen molar-refractivity contribution in [2.24, 2.45) is 0 Å². The number of carbonyl (C=O) groups excluding carboxylic acids is 1. The van der Waals surface area contributed by atoms with Crippen molar-refractivity contribution in [1.82, 2.24) is 10.3 Å². The fourth-order valence-corrected chi connectivity index (χ4v) is 3.93. The molecule has 2 N–H and O–H groups in total. The minimum Gasteiger partial charge on any atom is -0.445 e. The summed E-state index contributed by atoms with van der Waals surface area (Å²) in [5, 5.41) is 7.16. The van der Waals surface area contributed by atoms with Crippen molar-refractivity contribution in [3.63, 3.8) is 0 Å². The molecule has 1 aliphatic rings. The number of nitrogens with zero attached hydrogens (tertiary/aromatic N) is 1. The molecular formula is C26H29N3O3. The van der Waals surface area contributed by atoms with Crippen LogP contribution in [0.2, 0.25) is 0 Å². The van der Waals surface area contributed by atoms with Crippen molar-refractivity contribution in [2.45, 2.75) is 39.4 Å². The van der Waals surface area contributed by atoms with Crippen molar-refractivity contribution in [3.05, 3.63) is 70.4 Å². The second-order valence-corrected chi connectivity index (χ2v) is 8.48. The number of alkyl carbamates (subject to hydrolysis) is 1. The number of hydrogen-bond acceptors (Lipinski definition) is 5. The zero-order chi connectivity index (χ0) is 22.9. The average Bonchev–Trinajstić information content (AvgIpc) is 2.78. The van der Waals surface area contributed by atoms with Crippen LogP contribution in [0.15, 0.2) is 42.5 Å². The highest BCUT2D eigenvalue weighted by Crippen LogP contribution is 2.38. The van der Waals surface area contributed by atoms with Gasteiger partial charge in [0.25, 0.3) is 0 Å². The van der Waals surface area contributed by atoms with Crippen molar-refractivity contribution in [2.75, 3.05) is 19.5 Å². The maximum Gasteiger partial charge on any atom is 0.407 e. The van der Waals surface area contributed by atoms with E-state index in [-0.39, 0.29) is 12.2 Å². The Balaban J connectivity index is 1.78. The molecule has 1 amide bonds. The minimum absolute atomic E-state index is 0.203. The highest BCUT2D eigenvalue weighted by atomic mass is 16.5. The molecule has 0 fully saturated rings. The lowest BCUT2D eigenvalue weighted by atomic mass is 9.88. The third-order valence-corrected chi connectivity index (χ3v) is 6.07. The van der Waals surface area contributed by atoms with Crippen LogP contribution < -0.4 is 10.6 Å². The molecule has 1 aromatic heterocycles. The first-order valence-corrected chi connectivity index (χ1v) is 10.7. The number of pyridine rings is 1. The molecule has 0 saturated carbocycles. The number of methoxy groups -OCH3 is 1. The number of amides is 1. The number of benzene rings is 2. The molecule has 4 rings (SSSR count). The maximum absolute atomic E-state index is 11.4. The van der Waals surface area contributed by atoms with Gasteiger partial charge in [0.2, 0.25) is 0 Å². The molecule has 166 valence electrons. The van der Waals surface area contributed by atoms with E-state index in [9.17, 15) is 4.79 Å². The van der Waals surface area contributed by atoms with Gasteiger partial charge < -0.3 is 20.1 Å². The van der Waals surface area contributed by atoms with Gasteiger partial charge in [-0.05, 0) is 61.7 Å². The van der Waals surface area contributed by atoms with Crippen molar-refractivity contribution >= 4 is 34.4 Å². The quantitative estimate of drug-likeness (QED) is 0.564. The molecule has 1 heterocycles. The molecule has 0 spiro atoms. The Bertz CT molecular complexity index is 1220. The molecule has 6 nitrogen and oxygen atoms in total. The molecule has 2 aromatic carbocycles. The zero-order valence-electron chi connectivity index (χ0n) is 19.2. The number of nitrogens with one attached hydrogen (secondary N) is 2. The number of rotatable bonds is 5. The summed E-state index contributed by atoms with van der Waals surface area (Å²) in [4.78, 5) is 16.4. The Morgan fingerprint density at radius 1 is 1.19 bits per heavy atom. The van der Waals surface area contributed by atoms with Gasteiger partial charge in [0, 0.05) is 37.2 Å². The standard InChI is InChI=1S/C26H29N3O3/c1-16-11-21-22(12-17(16)2)29-23-14-26(3,31-5)10-9-20(23)24(21)28-19-8-6-7-18(13-19)15-32-25(30)27-4/h6-13H,14-15H2,1-5H3,(H,27,30)(H,28,29). The molecule has 0 saturated heterocycles. The van der Waals surface area contributed by atoms with E-state index in [4.69, 9.17) is 14.5 Å². The number of anilines is 2. The fraction of sp³-hybridized carbons (Fsp3) is 0.308. The number of aryl methyl sites for hydroxylation is 2. The normalized spacial score (nSPS) is 17.2. The summed E-state index contributed by atoms with van der Waals surface area (Å²) in [5.74, 6) is 0. The molecule has 0 radical (unpaired) electrons. The fourth-order valence-electron chi connectivity index (χ4n) is 3.93. The van der Waals surface area contributed by atoms with E-state index in [1.165, 1.54) is 11.1 Å². The first kappa shape index (κ1) is 21.8. The summed E-state index contributed by atoms with van der Waals surface area (Å²) in [6, 6.07) is 12.2. The summed E-state index contributed by atoms with van der Waals surface area (Å²) in [7, 11) is 3.28. The van der Waals surface area contributed by atoms with Crippen LogP contribution in [0.25, 0.3) is 17.0 Å². The summed E-state index contributed by atoms with van der Waals surface area (Å²) in [5.41, 5.74) is 7.94. The summed E-state index contributed by atoms with van der Waals surface area (Å²) >= 11 is 0. The SMILES string of the molecule is CNC(=O)OCc1cccc(Nc2c3c(nc4cc(C)c(C)cc24)CC(C)(OC)C=C3)c1. The van der Waals surface area contributed by atoms with Crippen LogP contribution in [0.1, 0.15) is 34.9 Å². The highest BCUT2D eigenvalue weighted by molar-refractivity contribution is 5.99. The monoisotopic (exact) mass is 431 g/mol. The number of ether oxygens (including phenoxy) is 2. The van der Waals surface area contributed by atoms with E-state index >= 15 is 0 Å². The van der Waals surface area contributed by atoms with Crippen LogP contribution in [-0.2, 0) is 22.5 Å². The van der Waals surface area contributed by atoms with Crippen LogP contribution in [0, 0.1) is 13.8 Å². The number of carbonyl (C=O) groups is 1. The van der Waals surface area contributed by atoms with E-state index in [0.29, 0.717) is 6.42 Å². The van der Waals surface area contributed by atoms with Crippen LogP contribution in [0.4, 0.5) is 16.2 Å². The van der Waals surface area contributed by atoms with Gasteiger partial charge in [0.05, 0.1) is 22.5 Å². The maximum atomic E-state index is 11.4. The summed E-state index contributed by atoms with van der Waals surface area (Å²) < 4.78 is 10.9. The van der Waals surface area contributed by atoms with Gasteiger partial charge in [-0.25, -0.2) is 4.79 Å². The van der Waals surface area contributed by atoms with E-state index in [2.05, 4.69) is 55.7 Å². The van der Waals surface area contributed by atoms with Crippen LogP contribution in [-0.4, -0.2) is 30.8 Å². The van der Waals surface area contributed by atoms with Crippen LogP contribution >= 0.6 is 0 Å². The Morgan fingerprint density at radius 2 is 1.97 bits per heavy atom. The lowest BCUT2D eigenvalue weighted by molar-refractivity contribution is 0.0480. The largest absolute Gasteiger partial charge is 0.445 e. The lowest BCUT2D eigenvalue weighted by Crippen LogP contribution is -2.30. The number of aromatic nitrogens is 1. The molecular weight excluding hydrogens is 402 g/mol. The Labute approximate surface area is 188 Å². The highest BCUT2D eigenvalue weighted by Gasteiger charge is 2.28. The van der Waals surface area contributed by atoms with Gasteiger partial charge in [-0.3, -0.25) is 4.98 Å². The molecule has 6 heteroatoms. The van der Waals surface area contributed by atoms with E-state index < -0.39 is 6.09 Å². The summed E-state index contributed by atoms with van der Waals surface area (Å²) in [6.07, 6.45) is 4.45. The molecule has 0 aliphatic heterocycles. The van der Waals surface area contributed by atoms with Gasteiger partial charge in [-0.1, -0.05) is 24.3 Å². The first-order chi connectivity index (χ1) is 15.3. The van der Waals surface area contributed by atoms with Crippen molar-refractivity contribution in [1.29, 1.82) is 0 Å². The van der Waals surface area contributed by atoms with Gasteiger partial charge in [0.15, 0.2) is 0 Å². The molecule has 1 atom stereocenters. The lowest BCUT2D eigenvalue weighted by Gasteiger charge is -2.30. The Hall–Kier alpha value is -3.38. The van der Waals surface area contributed by atoms with E-state index in [0.717, 1.165) is 39.1 Å². The number of hydrogen-bond donors (Lipinski definition) is 2. The molecule has 0 bridgehead atoms. The summed E-state index contributed by atoms with van der Waals surface area (Å²) in [6.45, 7) is 6.50. The predicted octanol–water partition coefficient (Wildman–Crippen LogP) is 5.43. The number of fused-ring (bicyclic) bond motifs is 2. The predicted molar refractivity (Wildman–Crippen MR) is 128 cm³/mol. The van der Waals surface area contributed by atoms with E-state index in [1.54, 1.807) is 14.2 Å². The minimum atomic E-state index is -0.449. The van der Waals surface area contributed by atoms with Gasteiger partial charge in [-0.2, -0.15) is 0 Å². The van der Waals surface area contributed by atoms with E-state index in [1.807, 2.05) is 24.3 Å². The smallest absolute Gasteiger partial charge is 0.407 e. The second-order valence-electron chi connectivity index (χ2n) is 8.48.